The van der Waals surface area contributed by atoms with Crippen molar-refractivity contribution < 1.29 is 0 Å². The fraction of sp³-hybridized carbons (Fsp3) is 0.500. The molecule has 1 aromatic carbocycles. The Morgan fingerprint density at radius 2 is 2.05 bits per heavy atom. The lowest BCUT2D eigenvalue weighted by Crippen LogP contribution is -2.36. The number of benzene rings is 1. The third-order valence-corrected chi connectivity index (χ3v) is 3.85. The first-order chi connectivity index (χ1) is 8.81. The van der Waals surface area contributed by atoms with Crippen LogP contribution in [0.5, 0.6) is 0 Å². The number of likely N-dealkylation sites (N-methyl/N-ethyl adjacent to an activating group) is 1. The number of nitrogens with two attached hydrogens (primary N) is 1. The molecule has 106 valence electrons. The summed E-state index contributed by atoms with van der Waals surface area (Å²) in [5, 5.41) is 3.57. The van der Waals surface area contributed by atoms with E-state index < -0.39 is 0 Å². The van der Waals surface area contributed by atoms with Crippen molar-refractivity contribution in [2.45, 2.75) is 19.9 Å². The smallest absolute Gasteiger partial charge is 0.104 e. The van der Waals surface area contributed by atoms with Crippen LogP contribution in [0.1, 0.15) is 19.4 Å². The van der Waals surface area contributed by atoms with Gasteiger partial charge in [0.15, 0.2) is 0 Å². The first-order valence-corrected chi connectivity index (χ1v) is 7.52. The second kappa shape index (κ2) is 7.22. The minimum absolute atomic E-state index is 0.391. The molecule has 0 aliphatic rings. The Balaban J connectivity index is 2.88. The van der Waals surface area contributed by atoms with Gasteiger partial charge in [-0.15, -0.1) is 0 Å². The number of nitrogens with one attached hydrogen (secondary N) is 1. The van der Waals surface area contributed by atoms with Gasteiger partial charge in [-0.3, -0.25) is 0 Å². The molecule has 0 saturated heterocycles. The molecular weight excluding hydrogens is 322 g/mol. The van der Waals surface area contributed by atoms with Gasteiger partial charge in [0.2, 0.25) is 0 Å². The molecule has 1 atom stereocenters. The molecule has 0 saturated carbocycles. The van der Waals surface area contributed by atoms with Crippen LogP contribution in [-0.2, 0) is 0 Å². The summed E-state index contributed by atoms with van der Waals surface area (Å²) in [5.74, 6) is 0.546. The van der Waals surface area contributed by atoms with E-state index in [1.54, 1.807) is 0 Å². The van der Waals surface area contributed by atoms with Crippen molar-refractivity contribution in [3.8, 4) is 0 Å². The maximum Gasteiger partial charge on any atom is 0.104 e. The molecule has 0 bridgehead atoms. The highest BCUT2D eigenvalue weighted by molar-refractivity contribution is 9.10. The van der Waals surface area contributed by atoms with E-state index in [4.69, 9.17) is 18.0 Å². The second-order valence-electron chi connectivity index (χ2n) is 5.32. The molecular formula is C14H22BrN3S. The number of anilines is 1. The topological polar surface area (TPSA) is 41.3 Å². The van der Waals surface area contributed by atoms with E-state index >= 15 is 0 Å². The standard InChI is InChI=1S/C14H22BrN3S/c1-9(2)13(8-18(3)4)17-12-6-5-10(14(16)19)7-11(12)15/h5-7,9,13,17H,8H2,1-4H3,(H2,16,19). The Bertz CT molecular complexity index is 446. The molecule has 19 heavy (non-hydrogen) atoms. The summed E-state index contributed by atoms with van der Waals surface area (Å²) in [7, 11) is 4.17. The molecule has 0 aromatic heterocycles. The number of hydrogen-bond acceptors (Lipinski definition) is 3. The van der Waals surface area contributed by atoms with Gasteiger partial charge in [0, 0.05) is 28.3 Å². The van der Waals surface area contributed by atoms with Crippen LogP contribution in [0.4, 0.5) is 5.69 Å². The fourth-order valence-electron chi connectivity index (χ4n) is 1.80. The van der Waals surface area contributed by atoms with Gasteiger partial charge in [-0.05, 0) is 54.1 Å². The van der Waals surface area contributed by atoms with Gasteiger partial charge in [-0.1, -0.05) is 26.1 Å². The predicted octanol–water partition coefficient (Wildman–Crippen LogP) is 3.08. The lowest BCUT2D eigenvalue weighted by Gasteiger charge is -2.27. The summed E-state index contributed by atoms with van der Waals surface area (Å²) in [6.07, 6.45) is 0. The van der Waals surface area contributed by atoms with Crippen molar-refractivity contribution in [2.24, 2.45) is 11.7 Å². The molecule has 0 amide bonds. The van der Waals surface area contributed by atoms with E-state index in [0.29, 0.717) is 16.9 Å². The van der Waals surface area contributed by atoms with Gasteiger partial charge in [0.1, 0.15) is 4.99 Å². The largest absolute Gasteiger partial charge is 0.389 e. The molecule has 0 heterocycles. The number of thiocarbonyl (C=S) groups is 1. The van der Waals surface area contributed by atoms with Gasteiger partial charge in [-0.2, -0.15) is 0 Å². The van der Waals surface area contributed by atoms with E-state index in [0.717, 1.165) is 22.3 Å². The van der Waals surface area contributed by atoms with Crippen molar-refractivity contribution in [1.29, 1.82) is 0 Å². The van der Waals surface area contributed by atoms with Crippen molar-refractivity contribution in [3.63, 3.8) is 0 Å². The highest BCUT2D eigenvalue weighted by Crippen LogP contribution is 2.25. The van der Waals surface area contributed by atoms with Crippen molar-refractivity contribution in [1.82, 2.24) is 4.90 Å². The molecule has 0 radical (unpaired) electrons. The minimum atomic E-state index is 0.391. The predicted molar refractivity (Wildman–Crippen MR) is 90.8 cm³/mol. The molecule has 1 aromatic rings. The lowest BCUT2D eigenvalue weighted by atomic mass is 10.0. The van der Waals surface area contributed by atoms with Crippen molar-refractivity contribution in [3.05, 3.63) is 28.2 Å². The molecule has 1 rings (SSSR count). The van der Waals surface area contributed by atoms with Crippen LogP contribution < -0.4 is 11.1 Å². The highest BCUT2D eigenvalue weighted by atomic mass is 79.9. The summed E-state index contributed by atoms with van der Waals surface area (Å²) in [5.41, 5.74) is 7.58. The molecule has 0 aliphatic carbocycles. The van der Waals surface area contributed by atoms with E-state index in [9.17, 15) is 0 Å². The summed E-state index contributed by atoms with van der Waals surface area (Å²) >= 11 is 8.55. The van der Waals surface area contributed by atoms with E-state index in [1.807, 2.05) is 18.2 Å². The van der Waals surface area contributed by atoms with Crippen LogP contribution in [0, 0.1) is 5.92 Å². The average Bonchev–Trinajstić information content (AvgIpc) is 2.29. The SMILES string of the molecule is CC(C)C(CN(C)C)Nc1ccc(C(N)=S)cc1Br. The Hall–Kier alpha value is -0.650. The van der Waals surface area contributed by atoms with Gasteiger partial charge < -0.3 is 16.0 Å². The Kier molecular flexibility index (Phi) is 6.23. The molecule has 0 spiro atoms. The summed E-state index contributed by atoms with van der Waals surface area (Å²) in [6, 6.07) is 6.31. The monoisotopic (exact) mass is 343 g/mol. The summed E-state index contributed by atoms with van der Waals surface area (Å²) < 4.78 is 0.988. The number of rotatable bonds is 6. The maximum atomic E-state index is 5.63. The minimum Gasteiger partial charge on any atom is -0.389 e. The van der Waals surface area contributed by atoms with Crippen LogP contribution in [0.3, 0.4) is 0 Å². The molecule has 5 heteroatoms. The van der Waals surface area contributed by atoms with Crippen LogP contribution in [-0.4, -0.2) is 36.6 Å². The molecule has 3 N–H and O–H groups in total. The zero-order valence-corrected chi connectivity index (χ0v) is 14.3. The number of nitrogens with zero attached hydrogens (tertiary/aromatic N) is 1. The number of hydrogen-bond donors (Lipinski definition) is 2. The zero-order valence-electron chi connectivity index (χ0n) is 11.9. The molecule has 1 unspecified atom stereocenters. The first-order valence-electron chi connectivity index (χ1n) is 6.32. The van der Waals surface area contributed by atoms with Crippen LogP contribution in [0.25, 0.3) is 0 Å². The molecule has 3 nitrogen and oxygen atoms in total. The van der Waals surface area contributed by atoms with E-state index in [1.165, 1.54) is 0 Å². The Morgan fingerprint density at radius 1 is 1.42 bits per heavy atom. The molecule has 0 fully saturated rings. The van der Waals surface area contributed by atoms with E-state index in [-0.39, 0.29) is 0 Å². The van der Waals surface area contributed by atoms with E-state index in [2.05, 4.69) is 54.1 Å². The zero-order chi connectivity index (χ0) is 14.6. The lowest BCUT2D eigenvalue weighted by molar-refractivity contribution is 0.344. The fourth-order valence-corrected chi connectivity index (χ4v) is 2.42. The van der Waals surface area contributed by atoms with Crippen molar-refractivity contribution in [2.75, 3.05) is 26.0 Å². The third kappa shape index (κ3) is 5.09. The highest BCUT2D eigenvalue weighted by Gasteiger charge is 2.15. The Labute approximate surface area is 129 Å². The summed E-state index contributed by atoms with van der Waals surface area (Å²) in [4.78, 5) is 2.61. The van der Waals surface area contributed by atoms with Crippen molar-refractivity contribution >= 4 is 38.8 Å². The average molecular weight is 344 g/mol. The molecule has 0 aliphatic heterocycles. The Morgan fingerprint density at radius 3 is 2.47 bits per heavy atom. The normalized spacial score (nSPS) is 12.8. The van der Waals surface area contributed by atoms with Crippen LogP contribution >= 0.6 is 28.1 Å². The van der Waals surface area contributed by atoms with Gasteiger partial charge in [0.25, 0.3) is 0 Å². The number of halogens is 1. The van der Waals surface area contributed by atoms with Gasteiger partial charge in [-0.25, -0.2) is 0 Å². The quantitative estimate of drug-likeness (QED) is 0.779. The van der Waals surface area contributed by atoms with Gasteiger partial charge >= 0.3 is 0 Å². The summed E-state index contributed by atoms with van der Waals surface area (Å²) in [6.45, 7) is 5.43. The van der Waals surface area contributed by atoms with Crippen LogP contribution in [0.2, 0.25) is 0 Å². The first kappa shape index (κ1) is 16.4. The van der Waals surface area contributed by atoms with Crippen LogP contribution in [0.15, 0.2) is 22.7 Å². The maximum absolute atomic E-state index is 5.63. The third-order valence-electron chi connectivity index (χ3n) is 2.96. The second-order valence-corrected chi connectivity index (χ2v) is 6.61. The van der Waals surface area contributed by atoms with Gasteiger partial charge in [0.05, 0.1) is 0 Å².